The summed E-state index contributed by atoms with van der Waals surface area (Å²) >= 11 is 0. The van der Waals surface area contributed by atoms with Crippen LogP contribution in [0, 0.1) is 5.92 Å². The fourth-order valence-electron chi connectivity index (χ4n) is 2.95. The summed E-state index contributed by atoms with van der Waals surface area (Å²) in [6.07, 6.45) is 19.5. The number of rotatable bonds is 18. The molecule has 134 valence electrons. The molecule has 0 aromatic heterocycles. The molecule has 22 heavy (non-hydrogen) atoms. The molecule has 0 amide bonds. The van der Waals surface area contributed by atoms with Crippen LogP contribution in [0.1, 0.15) is 111 Å². The van der Waals surface area contributed by atoms with Crippen LogP contribution in [0.2, 0.25) is 0 Å². The zero-order chi connectivity index (χ0) is 16.3. The molecule has 0 heterocycles. The molecule has 0 spiro atoms. The standard InChI is InChI=1S/C20H44N2/c1-4-7-9-10-11-12-13-14-15-16-18-21-22-19-20(6-3)17-8-5-2/h20-22H,4-19H2,1-3H3. The van der Waals surface area contributed by atoms with E-state index in [-0.39, 0.29) is 0 Å². The van der Waals surface area contributed by atoms with Crippen molar-refractivity contribution in [1.82, 2.24) is 10.9 Å². The highest BCUT2D eigenvalue weighted by atomic mass is 15.3. The van der Waals surface area contributed by atoms with Gasteiger partial charge in [0.2, 0.25) is 0 Å². The Labute approximate surface area is 141 Å². The summed E-state index contributed by atoms with van der Waals surface area (Å²) in [5, 5.41) is 0. The summed E-state index contributed by atoms with van der Waals surface area (Å²) in [4.78, 5) is 0. The van der Waals surface area contributed by atoms with Crippen molar-refractivity contribution in [2.75, 3.05) is 13.1 Å². The third kappa shape index (κ3) is 16.3. The summed E-state index contributed by atoms with van der Waals surface area (Å²) < 4.78 is 0. The van der Waals surface area contributed by atoms with E-state index in [0.29, 0.717) is 0 Å². The van der Waals surface area contributed by atoms with Gasteiger partial charge in [-0.15, -0.1) is 0 Å². The smallest absolute Gasteiger partial charge is 0.0128 e. The molecule has 0 aliphatic rings. The van der Waals surface area contributed by atoms with Crippen LogP contribution in [0.5, 0.6) is 0 Å². The lowest BCUT2D eigenvalue weighted by molar-refractivity contribution is 0.384. The van der Waals surface area contributed by atoms with Crippen LogP contribution in [0.15, 0.2) is 0 Å². The van der Waals surface area contributed by atoms with Crippen LogP contribution in [-0.2, 0) is 0 Å². The third-order valence-corrected chi connectivity index (χ3v) is 4.71. The lowest BCUT2D eigenvalue weighted by atomic mass is 10.00. The van der Waals surface area contributed by atoms with Crippen molar-refractivity contribution in [3.8, 4) is 0 Å². The third-order valence-electron chi connectivity index (χ3n) is 4.71. The molecule has 0 aromatic carbocycles. The Morgan fingerprint density at radius 2 is 1.14 bits per heavy atom. The Hall–Kier alpha value is -0.0800. The van der Waals surface area contributed by atoms with Crippen molar-refractivity contribution >= 4 is 0 Å². The molecule has 0 aliphatic heterocycles. The first kappa shape index (κ1) is 21.9. The Kier molecular flexibility index (Phi) is 18.9. The second-order valence-corrected chi connectivity index (χ2v) is 6.91. The average Bonchev–Trinajstić information content (AvgIpc) is 2.54. The topological polar surface area (TPSA) is 24.1 Å². The average molecular weight is 313 g/mol. The van der Waals surface area contributed by atoms with E-state index >= 15 is 0 Å². The minimum Gasteiger partial charge on any atom is -0.258 e. The number of hydrogen-bond acceptors (Lipinski definition) is 2. The fourth-order valence-corrected chi connectivity index (χ4v) is 2.95. The molecule has 2 heteroatoms. The van der Waals surface area contributed by atoms with Gasteiger partial charge in [0.15, 0.2) is 0 Å². The van der Waals surface area contributed by atoms with Gasteiger partial charge in [0.1, 0.15) is 0 Å². The maximum absolute atomic E-state index is 3.43. The van der Waals surface area contributed by atoms with Crippen LogP contribution in [0.25, 0.3) is 0 Å². The number of hydrazine groups is 1. The molecular formula is C20H44N2. The molecule has 0 aliphatic carbocycles. The van der Waals surface area contributed by atoms with Crippen molar-refractivity contribution in [2.45, 2.75) is 111 Å². The van der Waals surface area contributed by atoms with E-state index < -0.39 is 0 Å². The van der Waals surface area contributed by atoms with Gasteiger partial charge in [-0.05, 0) is 18.8 Å². The molecule has 0 saturated heterocycles. The molecular weight excluding hydrogens is 268 g/mol. The van der Waals surface area contributed by atoms with Gasteiger partial charge >= 0.3 is 0 Å². The van der Waals surface area contributed by atoms with Crippen molar-refractivity contribution in [3.63, 3.8) is 0 Å². The molecule has 2 nitrogen and oxygen atoms in total. The van der Waals surface area contributed by atoms with Gasteiger partial charge in [-0.1, -0.05) is 97.8 Å². The molecule has 0 rings (SSSR count). The van der Waals surface area contributed by atoms with Crippen LogP contribution >= 0.6 is 0 Å². The van der Waals surface area contributed by atoms with E-state index in [1.807, 2.05) is 0 Å². The Morgan fingerprint density at radius 1 is 0.591 bits per heavy atom. The van der Waals surface area contributed by atoms with Gasteiger partial charge < -0.3 is 0 Å². The molecule has 0 bridgehead atoms. The molecule has 0 fully saturated rings. The number of nitrogens with one attached hydrogen (secondary N) is 2. The molecule has 0 saturated carbocycles. The molecule has 0 aromatic rings. The van der Waals surface area contributed by atoms with E-state index in [1.54, 1.807) is 0 Å². The van der Waals surface area contributed by atoms with E-state index in [0.717, 1.165) is 19.0 Å². The van der Waals surface area contributed by atoms with E-state index in [4.69, 9.17) is 0 Å². The summed E-state index contributed by atoms with van der Waals surface area (Å²) in [7, 11) is 0. The van der Waals surface area contributed by atoms with Gasteiger partial charge in [-0.2, -0.15) is 0 Å². The predicted molar refractivity (Wildman–Crippen MR) is 101 cm³/mol. The van der Waals surface area contributed by atoms with Crippen molar-refractivity contribution in [1.29, 1.82) is 0 Å². The number of unbranched alkanes of at least 4 members (excludes halogenated alkanes) is 10. The van der Waals surface area contributed by atoms with Crippen molar-refractivity contribution in [2.24, 2.45) is 5.92 Å². The Bertz CT molecular complexity index is 194. The van der Waals surface area contributed by atoms with Gasteiger partial charge in [-0.3, -0.25) is 10.9 Å². The largest absolute Gasteiger partial charge is 0.258 e. The molecule has 1 unspecified atom stereocenters. The summed E-state index contributed by atoms with van der Waals surface area (Å²) in [5.41, 5.74) is 6.83. The normalized spacial score (nSPS) is 12.7. The zero-order valence-corrected chi connectivity index (χ0v) is 15.9. The maximum atomic E-state index is 3.43. The van der Waals surface area contributed by atoms with Gasteiger partial charge in [0.05, 0.1) is 0 Å². The van der Waals surface area contributed by atoms with Gasteiger partial charge in [-0.25, -0.2) is 0 Å². The predicted octanol–water partition coefficient (Wildman–Crippen LogP) is 6.22. The highest BCUT2D eigenvalue weighted by Gasteiger charge is 2.04. The summed E-state index contributed by atoms with van der Waals surface area (Å²) in [5.74, 6) is 0.847. The quantitative estimate of drug-likeness (QED) is 0.232. The minimum atomic E-state index is 0.847. The van der Waals surface area contributed by atoms with Crippen LogP contribution < -0.4 is 10.9 Å². The minimum absolute atomic E-state index is 0.847. The second kappa shape index (κ2) is 19.0. The first-order valence-corrected chi connectivity index (χ1v) is 10.3. The first-order valence-electron chi connectivity index (χ1n) is 10.3. The molecule has 0 radical (unpaired) electrons. The molecule has 1 atom stereocenters. The highest BCUT2D eigenvalue weighted by molar-refractivity contribution is 4.59. The van der Waals surface area contributed by atoms with Crippen molar-refractivity contribution in [3.05, 3.63) is 0 Å². The summed E-state index contributed by atoms with van der Waals surface area (Å²) in [6.45, 7) is 9.14. The lowest BCUT2D eigenvalue weighted by Gasteiger charge is -2.15. The zero-order valence-electron chi connectivity index (χ0n) is 15.9. The fraction of sp³-hybridized carbons (Fsp3) is 1.00. The van der Waals surface area contributed by atoms with Crippen LogP contribution in [0.4, 0.5) is 0 Å². The van der Waals surface area contributed by atoms with E-state index in [1.165, 1.54) is 89.9 Å². The maximum Gasteiger partial charge on any atom is 0.0128 e. The van der Waals surface area contributed by atoms with Crippen LogP contribution in [0.3, 0.4) is 0 Å². The monoisotopic (exact) mass is 312 g/mol. The van der Waals surface area contributed by atoms with Gasteiger partial charge in [0.25, 0.3) is 0 Å². The molecule has 2 N–H and O–H groups in total. The highest BCUT2D eigenvalue weighted by Crippen LogP contribution is 2.11. The van der Waals surface area contributed by atoms with Crippen LogP contribution in [-0.4, -0.2) is 13.1 Å². The second-order valence-electron chi connectivity index (χ2n) is 6.91. The van der Waals surface area contributed by atoms with E-state index in [9.17, 15) is 0 Å². The lowest BCUT2D eigenvalue weighted by Crippen LogP contribution is -2.36. The van der Waals surface area contributed by atoms with E-state index in [2.05, 4.69) is 31.6 Å². The Morgan fingerprint density at radius 3 is 1.68 bits per heavy atom. The summed E-state index contributed by atoms with van der Waals surface area (Å²) in [6, 6.07) is 0. The van der Waals surface area contributed by atoms with Crippen molar-refractivity contribution < 1.29 is 0 Å². The first-order chi connectivity index (χ1) is 10.8. The Balaban J connectivity index is 3.13. The number of hydrogen-bond donors (Lipinski definition) is 2. The SMILES string of the molecule is CCCCCCCCCCCCNNCC(CC)CCCC. The van der Waals surface area contributed by atoms with Gasteiger partial charge in [0, 0.05) is 13.1 Å².